The normalized spacial score (nSPS) is 15.4. The molecule has 3 rings (SSSR count). The zero-order valence-electron chi connectivity index (χ0n) is 13.9. The van der Waals surface area contributed by atoms with E-state index in [4.69, 9.17) is 11.6 Å². The number of hydrogen-bond donors (Lipinski definition) is 2. The fourth-order valence-corrected chi connectivity index (χ4v) is 3.35. The third-order valence-corrected chi connectivity index (χ3v) is 4.86. The zero-order chi connectivity index (χ0) is 20.4. The number of aromatic hydroxyl groups is 1. The van der Waals surface area contributed by atoms with Crippen molar-refractivity contribution < 1.29 is 28.3 Å². The molecule has 144 valence electrons. The number of nitrogens with one attached hydrogen (secondary N) is 1. The van der Waals surface area contributed by atoms with Crippen molar-refractivity contribution in [3.05, 3.63) is 63.5 Å². The molecule has 0 bridgehead atoms. The monoisotopic (exact) mass is 424 g/mol. The van der Waals surface area contributed by atoms with Gasteiger partial charge in [-0.1, -0.05) is 17.7 Å². The standard InChI is InChI=1S/C18H11ClF2N2O4S/c19-11-5-9(1-4-14(11)24)6-15-17(26)23(18(27)28-15)8-16(25)22-13-3-2-10(20)7-12(13)21/h1-7,24H,8H2,(H,22,25). The number of rotatable bonds is 4. The van der Waals surface area contributed by atoms with Crippen LogP contribution in [-0.4, -0.2) is 33.6 Å². The van der Waals surface area contributed by atoms with Crippen molar-refractivity contribution in [3.63, 3.8) is 0 Å². The molecule has 1 saturated heterocycles. The van der Waals surface area contributed by atoms with Gasteiger partial charge >= 0.3 is 0 Å². The Balaban J connectivity index is 1.71. The molecule has 1 heterocycles. The molecule has 10 heteroatoms. The molecular weight excluding hydrogens is 414 g/mol. The van der Waals surface area contributed by atoms with Gasteiger partial charge in [0.25, 0.3) is 11.1 Å². The largest absolute Gasteiger partial charge is 0.506 e. The Morgan fingerprint density at radius 3 is 2.64 bits per heavy atom. The number of thioether (sulfide) groups is 1. The fourth-order valence-electron chi connectivity index (χ4n) is 2.32. The van der Waals surface area contributed by atoms with Gasteiger partial charge in [-0.25, -0.2) is 8.78 Å². The minimum absolute atomic E-state index is 0.0625. The number of carbonyl (C=O) groups excluding carboxylic acids is 3. The van der Waals surface area contributed by atoms with E-state index in [1.807, 2.05) is 0 Å². The number of halogens is 3. The second-order valence-electron chi connectivity index (χ2n) is 5.65. The van der Waals surface area contributed by atoms with Crippen LogP contribution in [0, 0.1) is 11.6 Å². The predicted molar refractivity (Wildman–Crippen MR) is 101 cm³/mol. The first-order chi connectivity index (χ1) is 13.2. The van der Waals surface area contributed by atoms with E-state index >= 15 is 0 Å². The SMILES string of the molecule is O=C(CN1C(=O)SC(=Cc2ccc(O)c(Cl)c2)C1=O)Nc1ccc(F)cc1F. The molecule has 1 aliphatic rings. The highest BCUT2D eigenvalue weighted by Crippen LogP contribution is 2.33. The summed E-state index contributed by atoms with van der Waals surface area (Å²) in [6.07, 6.45) is 1.40. The third-order valence-electron chi connectivity index (χ3n) is 3.65. The molecule has 3 amide bonds. The third kappa shape index (κ3) is 4.32. The van der Waals surface area contributed by atoms with E-state index in [2.05, 4.69) is 5.32 Å². The van der Waals surface area contributed by atoms with Crippen molar-refractivity contribution in [2.24, 2.45) is 0 Å². The molecule has 0 saturated carbocycles. The number of phenols is 1. The maximum atomic E-state index is 13.6. The van der Waals surface area contributed by atoms with Gasteiger partial charge in [-0.2, -0.15) is 0 Å². The lowest BCUT2D eigenvalue weighted by Crippen LogP contribution is -2.36. The van der Waals surface area contributed by atoms with Crippen LogP contribution in [0.4, 0.5) is 19.3 Å². The van der Waals surface area contributed by atoms with Gasteiger partial charge in [-0.15, -0.1) is 0 Å². The molecule has 0 aliphatic carbocycles. The van der Waals surface area contributed by atoms with Gasteiger partial charge in [0.05, 0.1) is 15.6 Å². The summed E-state index contributed by atoms with van der Waals surface area (Å²) in [6.45, 7) is -0.630. The summed E-state index contributed by atoms with van der Waals surface area (Å²) in [5, 5.41) is 11.0. The van der Waals surface area contributed by atoms with Gasteiger partial charge in [0, 0.05) is 6.07 Å². The topological polar surface area (TPSA) is 86.7 Å². The van der Waals surface area contributed by atoms with Crippen LogP contribution in [0.3, 0.4) is 0 Å². The highest BCUT2D eigenvalue weighted by molar-refractivity contribution is 8.18. The molecule has 6 nitrogen and oxygen atoms in total. The van der Waals surface area contributed by atoms with E-state index in [1.165, 1.54) is 24.3 Å². The maximum absolute atomic E-state index is 13.6. The fraction of sp³-hybridized carbons (Fsp3) is 0.0556. The summed E-state index contributed by atoms with van der Waals surface area (Å²) in [6, 6.07) is 6.84. The lowest BCUT2D eigenvalue weighted by atomic mass is 10.2. The number of amides is 3. The van der Waals surface area contributed by atoms with Crippen molar-refractivity contribution in [1.29, 1.82) is 0 Å². The number of imide groups is 1. The Labute approximate surface area is 166 Å². The minimum Gasteiger partial charge on any atom is -0.506 e. The molecule has 2 N–H and O–H groups in total. The summed E-state index contributed by atoms with van der Waals surface area (Å²) < 4.78 is 26.5. The predicted octanol–water partition coefficient (Wildman–Crippen LogP) is 4.00. The van der Waals surface area contributed by atoms with Crippen LogP contribution in [0.1, 0.15) is 5.56 Å². The molecule has 28 heavy (non-hydrogen) atoms. The molecule has 1 aliphatic heterocycles. The van der Waals surface area contributed by atoms with Crippen molar-refractivity contribution in [2.75, 3.05) is 11.9 Å². The number of carbonyl (C=O) groups is 3. The van der Waals surface area contributed by atoms with Crippen LogP contribution >= 0.6 is 23.4 Å². The first-order valence-electron chi connectivity index (χ1n) is 7.73. The molecule has 0 radical (unpaired) electrons. The van der Waals surface area contributed by atoms with Crippen LogP contribution in [0.25, 0.3) is 6.08 Å². The highest BCUT2D eigenvalue weighted by atomic mass is 35.5. The molecule has 0 aromatic heterocycles. The van der Waals surface area contributed by atoms with Crippen LogP contribution in [-0.2, 0) is 9.59 Å². The van der Waals surface area contributed by atoms with E-state index in [-0.39, 0.29) is 21.4 Å². The quantitative estimate of drug-likeness (QED) is 0.724. The summed E-state index contributed by atoms with van der Waals surface area (Å²) in [5.74, 6) is -3.43. The Morgan fingerprint density at radius 2 is 1.96 bits per heavy atom. The summed E-state index contributed by atoms with van der Waals surface area (Å²) in [4.78, 5) is 37.3. The van der Waals surface area contributed by atoms with Gasteiger partial charge < -0.3 is 10.4 Å². The molecule has 0 atom stereocenters. The molecule has 2 aromatic rings. The van der Waals surface area contributed by atoms with Crippen LogP contribution in [0.2, 0.25) is 5.02 Å². The average molecular weight is 425 g/mol. The first kappa shape index (κ1) is 19.8. The molecule has 2 aromatic carbocycles. The smallest absolute Gasteiger partial charge is 0.294 e. The van der Waals surface area contributed by atoms with E-state index in [1.54, 1.807) is 0 Å². The van der Waals surface area contributed by atoms with E-state index < -0.39 is 35.2 Å². The van der Waals surface area contributed by atoms with Crippen molar-refractivity contribution in [2.45, 2.75) is 0 Å². The lowest BCUT2D eigenvalue weighted by molar-refractivity contribution is -0.127. The number of nitrogens with zero attached hydrogens (tertiary/aromatic N) is 1. The number of anilines is 1. The summed E-state index contributed by atoms with van der Waals surface area (Å²) in [5.41, 5.74) is 0.207. The van der Waals surface area contributed by atoms with Crippen LogP contribution in [0.15, 0.2) is 41.3 Å². The molecule has 0 unspecified atom stereocenters. The average Bonchev–Trinajstić information content (AvgIpc) is 2.88. The summed E-state index contributed by atoms with van der Waals surface area (Å²) >= 11 is 6.44. The second kappa shape index (κ2) is 7.99. The van der Waals surface area contributed by atoms with E-state index in [0.717, 1.165) is 12.1 Å². The van der Waals surface area contributed by atoms with Crippen LogP contribution < -0.4 is 5.32 Å². The second-order valence-corrected chi connectivity index (χ2v) is 7.05. The lowest BCUT2D eigenvalue weighted by Gasteiger charge is -2.12. The van der Waals surface area contributed by atoms with Gasteiger partial charge in [0.1, 0.15) is 23.9 Å². The zero-order valence-corrected chi connectivity index (χ0v) is 15.5. The minimum atomic E-state index is -0.980. The maximum Gasteiger partial charge on any atom is 0.294 e. The first-order valence-corrected chi connectivity index (χ1v) is 8.93. The molecule has 1 fully saturated rings. The Kier molecular flexibility index (Phi) is 5.66. The van der Waals surface area contributed by atoms with Crippen molar-refractivity contribution in [3.8, 4) is 5.75 Å². The Bertz CT molecular complexity index is 1030. The van der Waals surface area contributed by atoms with Gasteiger partial charge in [0.2, 0.25) is 5.91 Å². The van der Waals surface area contributed by atoms with E-state index in [0.29, 0.717) is 28.3 Å². The van der Waals surface area contributed by atoms with Gasteiger partial charge in [-0.05, 0) is 47.7 Å². The Hall–Kier alpha value is -2.91. The van der Waals surface area contributed by atoms with Gasteiger partial charge in [-0.3, -0.25) is 19.3 Å². The van der Waals surface area contributed by atoms with Crippen molar-refractivity contribution >= 4 is 52.2 Å². The number of benzene rings is 2. The molecular formula is C18H11ClF2N2O4S. The van der Waals surface area contributed by atoms with Crippen LogP contribution in [0.5, 0.6) is 5.75 Å². The van der Waals surface area contributed by atoms with Crippen molar-refractivity contribution in [1.82, 2.24) is 4.90 Å². The molecule has 0 spiro atoms. The number of phenolic OH excluding ortho intramolecular Hbond substituents is 1. The van der Waals surface area contributed by atoms with E-state index in [9.17, 15) is 28.3 Å². The van der Waals surface area contributed by atoms with Gasteiger partial charge in [0.15, 0.2) is 0 Å². The summed E-state index contributed by atoms with van der Waals surface area (Å²) in [7, 11) is 0. The Morgan fingerprint density at radius 1 is 1.21 bits per heavy atom. The highest BCUT2D eigenvalue weighted by Gasteiger charge is 2.36. The number of hydrogen-bond acceptors (Lipinski definition) is 5.